The summed E-state index contributed by atoms with van der Waals surface area (Å²) in [5.41, 5.74) is 6.82. The van der Waals surface area contributed by atoms with Gasteiger partial charge in [0.2, 0.25) is 0 Å². The highest BCUT2D eigenvalue weighted by atomic mass is 19.1. The van der Waals surface area contributed by atoms with E-state index in [2.05, 4.69) is 6.92 Å². The van der Waals surface area contributed by atoms with E-state index in [9.17, 15) is 4.39 Å². The number of nitrogens with two attached hydrogens (primary N) is 1. The zero-order chi connectivity index (χ0) is 11.3. The Labute approximate surface area is 90.2 Å². The average molecular weight is 211 g/mol. The molecule has 2 nitrogen and oxygen atoms in total. The number of benzene rings is 1. The lowest BCUT2D eigenvalue weighted by molar-refractivity contribution is 0.405. The second-order valence-electron chi connectivity index (χ2n) is 3.61. The molecule has 2 N–H and O–H groups in total. The summed E-state index contributed by atoms with van der Waals surface area (Å²) < 4.78 is 18.6. The van der Waals surface area contributed by atoms with Gasteiger partial charge < -0.3 is 10.5 Å². The summed E-state index contributed by atoms with van der Waals surface area (Å²) in [5, 5.41) is 0. The fourth-order valence-electron chi connectivity index (χ4n) is 1.65. The van der Waals surface area contributed by atoms with Gasteiger partial charge in [0.1, 0.15) is 11.6 Å². The standard InChI is InChI=1S/C12H18FNO/c1-3-4-5-6-9-10(13)7-8-11(14)12(9)15-2/h7-8H,3-6,14H2,1-2H3. The van der Waals surface area contributed by atoms with Crippen molar-refractivity contribution in [1.29, 1.82) is 0 Å². The molecule has 0 aliphatic carbocycles. The Morgan fingerprint density at radius 3 is 2.67 bits per heavy atom. The van der Waals surface area contributed by atoms with Gasteiger partial charge in [-0.15, -0.1) is 0 Å². The molecule has 0 aromatic heterocycles. The Morgan fingerprint density at radius 1 is 1.33 bits per heavy atom. The largest absolute Gasteiger partial charge is 0.494 e. The molecule has 0 aliphatic rings. The van der Waals surface area contributed by atoms with Crippen molar-refractivity contribution < 1.29 is 9.13 Å². The summed E-state index contributed by atoms with van der Waals surface area (Å²) in [6, 6.07) is 2.94. The van der Waals surface area contributed by atoms with Crippen molar-refractivity contribution in [3.05, 3.63) is 23.5 Å². The third kappa shape index (κ3) is 2.85. The Balaban J connectivity index is 2.87. The number of methoxy groups -OCH3 is 1. The second kappa shape index (κ2) is 5.59. The van der Waals surface area contributed by atoms with Crippen molar-refractivity contribution >= 4 is 5.69 Å². The van der Waals surface area contributed by atoms with Crippen molar-refractivity contribution in [1.82, 2.24) is 0 Å². The molecule has 0 radical (unpaired) electrons. The highest BCUT2D eigenvalue weighted by molar-refractivity contribution is 5.57. The number of rotatable bonds is 5. The smallest absolute Gasteiger partial charge is 0.147 e. The first kappa shape index (κ1) is 11.8. The van der Waals surface area contributed by atoms with Gasteiger partial charge >= 0.3 is 0 Å². The van der Waals surface area contributed by atoms with Crippen molar-refractivity contribution in [2.75, 3.05) is 12.8 Å². The first-order valence-electron chi connectivity index (χ1n) is 5.31. The lowest BCUT2D eigenvalue weighted by atomic mass is 10.0. The lowest BCUT2D eigenvalue weighted by Gasteiger charge is -2.11. The van der Waals surface area contributed by atoms with Gasteiger partial charge in [-0.1, -0.05) is 19.8 Å². The van der Waals surface area contributed by atoms with Gasteiger partial charge in [-0.3, -0.25) is 0 Å². The number of hydrogen-bond acceptors (Lipinski definition) is 2. The van der Waals surface area contributed by atoms with E-state index < -0.39 is 0 Å². The number of hydrogen-bond donors (Lipinski definition) is 1. The summed E-state index contributed by atoms with van der Waals surface area (Å²) in [7, 11) is 1.52. The van der Waals surface area contributed by atoms with Gasteiger partial charge in [0, 0.05) is 5.56 Å². The Kier molecular flexibility index (Phi) is 4.40. The molecule has 84 valence electrons. The zero-order valence-corrected chi connectivity index (χ0v) is 9.35. The molecule has 15 heavy (non-hydrogen) atoms. The van der Waals surface area contributed by atoms with Crippen molar-refractivity contribution in [3.8, 4) is 5.75 Å². The Hall–Kier alpha value is -1.25. The summed E-state index contributed by atoms with van der Waals surface area (Å²) >= 11 is 0. The topological polar surface area (TPSA) is 35.2 Å². The number of nitrogen functional groups attached to an aromatic ring is 1. The molecule has 0 amide bonds. The minimum atomic E-state index is -0.225. The molecule has 0 fully saturated rings. The van der Waals surface area contributed by atoms with Gasteiger partial charge in [-0.25, -0.2) is 4.39 Å². The molecular weight excluding hydrogens is 193 g/mol. The minimum Gasteiger partial charge on any atom is -0.494 e. The van der Waals surface area contributed by atoms with E-state index in [-0.39, 0.29) is 5.82 Å². The minimum absolute atomic E-state index is 0.225. The molecule has 0 unspecified atom stereocenters. The van der Waals surface area contributed by atoms with Gasteiger partial charge in [-0.2, -0.15) is 0 Å². The predicted molar refractivity (Wildman–Crippen MR) is 60.6 cm³/mol. The van der Waals surface area contributed by atoms with E-state index in [4.69, 9.17) is 10.5 Å². The van der Waals surface area contributed by atoms with Gasteiger partial charge in [0.15, 0.2) is 0 Å². The van der Waals surface area contributed by atoms with Crippen LogP contribution in [0, 0.1) is 5.82 Å². The van der Waals surface area contributed by atoms with E-state index >= 15 is 0 Å². The monoisotopic (exact) mass is 211 g/mol. The third-order valence-electron chi connectivity index (χ3n) is 2.47. The Morgan fingerprint density at radius 2 is 2.07 bits per heavy atom. The molecule has 0 saturated carbocycles. The molecule has 0 aliphatic heterocycles. The van der Waals surface area contributed by atoms with E-state index in [1.807, 2.05) is 0 Å². The highest BCUT2D eigenvalue weighted by Gasteiger charge is 2.11. The predicted octanol–water partition coefficient (Wildman–Crippen LogP) is 3.15. The quantitative estimate of drug-likeness (QED) is 0.599. The molecule has 1 aromatic carbocycles. The Bertz CT molecular complexity index is 326. The normalized spacial score (nSPS) is 10.3. The number of anilines is 1. The molecular formula is C12H18FNO. The van der Waals surface area contributed by atoms with Crippen LogP contribution < -0.4 is 10.5 Å². The van der Waals surface area contributed by atoms with Crippen LogP contribution in [0.1, 0.15) is 31.7 Å². The SMILES string of the molecule is CCCCCc1c(F)ccc(N)c1OC. The van der Waals surface area contributed by atoms with E-state index in [0.29, 0.717) is 23.4 Å². The van der Waals surface area contributed by atoms with Crippen LogP contribution in [0.15, 0.2) is 12.1 Å². The summed E-state index contributed by atoms with van der Waals surface area (Å²) in [4.78, 5) is 0. The number of halogens is 1. The highest BCUT2D eigenvalue weighted by Crippen LogP contribution is 2.29. The van der Waals surface area contributed by atoms with Crippen LogP contribution in [0.3, 0.4) is 0 Å². The maximum Gasteiger partial charge on any atom is 0.147 e. The maximum atomic E-state index is 13.5. The van der Waals surface area contributed by atoms with Crippen LogP contribution in [0.25, 0.3) is 0 Å². The van der Waals surface area contributed by atoms with Crippen molar-refractivity contribution in [3.63, 3.8) is 0 Å². The van der Waals surface area contributed by atoms with Crippen LogP contribution in [-0.2, 0) is 6.42 Å². The van der Waals surface area contributed by atoms with E-state index in [1.165, 1.54) is 19.2 Å². The molecule has 0 atom stereocenters. The second-order valence-corrected chi connectivity index (χ2v) is 3.61. The zero-order valence-electron chi connectivity index (χ0n) is 9.35. The maximum absolute atomic E-state index is 13.5. The van der Waals surface area contributed by atoms with E-state index in [1.54, 1.807) is 0 Å². The molecule has 0 heterocycles. The van der Waals surface area contributed by atoms with Crippen LogP contribution in [0.4, 0.5) is 10.1 Å². The summed E-state index contributed by atoms with van der Waals surface area (Å²) in [5.74, 6) is 0.267. The molecule has 1 rings (SSSR count). The lowest BCUT2D eigenvalue weighted by Crippen LogP contribution is -2.00. The van der Waals surface area contributed by atoms with Crippen LogP contribution in [0.2, 0.25) is 0 Å². The number of ether oxygens (including phenoxy) is 1. The number of unbranched alkanes of at least 4 members (excludes halogenated alkanes) is 2. The van der Waals surface area contributed by atoms with Crippen LogP contribution in [0.5, 0.6) is 5.75 Å². The molecule has 3 heteroatoms. The summed E-state index contributed by atoms with van der Waals surface area (Å²) in [6.07, 6.45) is 3.87. The molecule has 0 saturated heterocycles. The fraction of sp³-hybridized carbons (Fsp3) is 0.500. The first-order chi connectivity index (χ1) is 7.20. The third-order valence-corrected chi connectivity index (χ3v) is 2.47. The van der Waals surface area contributed by atoms with Crippen LogP contribution >= 0.6 is 0 Å². The average Bonchev–Trinajstić information content (AvgIpc) is 2.23. The van der Waals surface area contributed by atoms with Crippen molar-refractivity contribution in [2.24, 2.45) is 0 Å². The molecule has 0 spiro atoms. The van der Waals surface area contributed by atoms with E-state index in [0.717, 1.165) is 19.3 Å². The van der Waals surface area contributed by atoms with Gasteiger partial charge in [0.25, 0.3) is 0 Å². The summed E-state index contributed by atoms with van der Waals surface area (Å²) in [6.45, 7) is 2.12. The van der Waals surface area contributed by atoms with Gasteiger partial charge in [0.05, 0.1) is 12.8 Å². The first-order valence-corrected chi connectivity index (χ1v) is 5.31. The van der Waals surface area contributed by atoms with Gasteiger partial charge in [-0.05, 0) is 25.0 Å². The fourth-order valence-corrected chi connectivity index (χ4v) is 1.65. The molecule has 0 bridgehead atoms. The van der Waals surface area contributed by atoms with Crippen LogP contribution in [-0.4, -0.2) is 7.11 Å². The molecule has 1 aromatic rings. The van der Waals surface area contributed by atoms with Crippen molar-refractivity contribution in [2.45, 2.75) is 32.6 Å².